The number of allylic oxidation sites excluding steroid dienone is 2. The molecule has 1 aliphatic carbocycles. The third-order valence-corrected chi connectivity index (χ3v) is 2.57. The van der Waals surface area contributed by atoms with Crippen LogP contribution >= 0.6 is 0 Å². The summed E-state index contributed by atoms with van der Waals surface area (Å²) in [6.45, 7) is 5.96. The van der Waals surface area contributed by atoms with E-state index in [0.29, 0.717) is 12.0 Å². The SMILES string of the molecule is C/C=C/C(=O)OCC1=CCC(C)(C)CC1=O. The lowest BCUT2D eigenvalue weighted by atomic mass is 9.78. The Morgan fingerprint density at radius 3 is 2.81 bits per heavy atom. The molecule has 0 spiro atoms. The van der Waals surface area contributed by atoms with Crippen LogP contribution in [0.3, 0.4) is 0 Å². The normalized spacial score (nSPS) is 19.7. The Bertz CT molecular complexity index is 348. The Hall–Kier alpha value is -1.38. The summed E-state index contributed by atoms with van der Waals surface area (Å²) in [4.78, 5) is 22.8. The molecule has 1 aliphatic rings. The van der Waals surface area contributed by atoms with Crippen LogP contribution in [0.15, 0.2) is 23.8 Å². The first-order chi connectivity index (χ1) is 7.44. The van der Waals surface area contributed by atoms with Crippen LogP contribution in [0.5, 0.6) is 0 Å². The van der Waals surface area contributed by atoms with Crippen molar-refractivity contribution in [1.29, 1.82) is 0 Å². The lowest BCUT2D eigenvalue weighted by Crippen LogP contribution is -2.24. The third-order valence-electron chi connectivity index (χ3n) is 2.57. The highest BCUT2D eigenvalue weighted by Crippen LogP contribution is 2.32. The number of ketones is 1. The van der Waals surface area contributed by atoms with Crippen molar-refractivity contribution < 1.29 is 14.3 Å². The molecule has 0 aromatic carbocycles. The molecule has 0 aromatic heterocycles. The van der Waals surface area contributed by atoms with Gasteiger partial charge in [0.25, 0.3) is 0 Å². The van der Waals surface area contributed by atoms with Crippen molar-refractivity contribution in [2.24, 2.45) is 5.41 Å². The highest BCUT2D eigenvalue weighted by atomic mass is 16.5. The minimum atomic E-state index is -0.402. The standard InChI is InChI=1S/C13H18O3/c1-4-5-12(15)16-9-10-6-7-13(2,3)8-11(10)14/h4-6H,7-9H2,1-3H3/b5-4+. The number of esters is 1. The van der Waals surface area contributed by atoms with Crippen molar-refractivity contribution in [1.82, 2.24) is 0 Å². The Labute approximate surface area is 96.2 Å². The van der Waals surface area contributed by atoms with Crippen LogP contribution < -0.4 is 0 Å². The van der Waals surface area contributed by atoms with Crippen LogP contribution in [0.4, 0.5) is 0 Å². The van der Waals surface area contributed by atoms with Crippen LogP contribution in [0.2, 0.25) is 0 Å². The molecule has 0 radical (unpaired) electrons. The van der Waals surface area contributed by atoms with E-state index >= 15 is 0 Å². The van der Waals surface area contributed by atoms with E-state index in [4.69, 9.17) is 4.74 Å². The van der Waals surface area contributed by atoms with Gasteiger partial charge >= 0.3 is 5.97 Å². The van der Waals surface area contributed by atoms with Crippen LogP contribution in [-0.2, 0) is 14.3 Å². The van der Waals surface area contributed by atoms with Crippen LogP contribution in [-0.4, -0.2) is 18.4 Å². The Morgan fingerprint density at radius 2 is 2.25 bits per heavy atom. The molecule has 3 heteroatoms. The van der Waals surface area contributed by atoms with Crippen molar-refractivity contribution in [2.45, 2.75) is 33.6 Å². The first kappa shape index (κ1) is 12.7. The number of carbonyl (C=O) groups is 2. The van der Waals surface area contributed by atoms with Gasteiger partial charge < -0.3 is 4.74 Å². The molecule has 0 N–H and O–H groups in total. The van der Waals surface area contributed by atoms with E-state index in [1.165, 1.54) is 6.08 Å². The lowest BCUT2D eigenvalue weighted by Gasteiger charge is -2.27. The number of Topliss-reactive ketones (excluding diaryl/α,β-unsaturated/α-hetero) is 1. The minimum absolute atomic E-state index is 0.0356. The maximum atomic E-state index is 11.7. The second-order valence-corrected chi connectivity index (χ2v) is 4.81. The molecule has 0 heterocycles. The predicted molar refractivity (Wildman–Crippen MR) is 61.9 cm³/mol. The molecule has 0 unspecified atom stereocenters. The fraction of sp³-hybridized carbons (Fsp3) is 0.538. The van der Waals surface area contributed by atoms with Gasteiger partial charge in [0.1, 0.15) is 6.61 Å². The molecular formula is C13H18O3. The van der Waals surface area contributed by atoms with Crippen molar-refractivity contribution >= 4 is 11.8 Å². The first-order valence-corrected chi connectivity index (χ1v) is 5.46. The summed E-state index contributed by atoms with van der Waals surface area (Å²) in [5.41, 5.74) is 0.658. The second-order valence-electron chi connectivity index (χ2n) is 4.81. The highest BCUT2D eigenvalue weighted by molar-refractivity contribution is 5.97. The molecule has 0 fully saturated rings. The Morgan fingerprint density at radius 1 is 1.56 bits per heavy atom. The summed E-state index contributed by atoms with van der Waals surface area (Å²) in [5.74, 6) is -0.314. The maximum Gasteiger partial charge on any atom is 0.330 e. The number of ether oxygens (including phenoxy) is 1. The minimum Gasteiger partial charge on any atom is -0.458 e. The van der Waals surface area contributed by atoms with Crippen LogP contribution in [0.1, 0.15) is 33.6 Å². The smallest absolute Gasteiger partial charge is 0.330 e. The number of hydrogen-bond acceptors (Lipinski definition) is 3. The van der Waals surface area contributed by atoms with E-state index in [-0.39, 0.29) is 17.8 Å². The molecule has 88 valence electrons. The molecule has 0 atom stereocenters. The summed E-state index contributed by atoms with van der Waals surface area (Å²) in [6.07, 6.45) is 6.23. The van der Waals surface area contributed by atoms with E-state index in [9.17, 15) is 9.59 Å². The molecule has 3 nitrogen and oxygen atoms in total. The number of rotatable bonds is 3. The molecular weight excluding hydrogens is 204 g/mol. The topological polar surface area (TPSA) is 43.4 Å². The van der Waals surface area contributed by atoms with Gasteiger partial charge in [0.05, 0.1) is 0 Å². The van der Waals surface area contributed by atoms with Crippen molar-refractivity contribution in [2.75, 3.05) is 6.61 Å². The molecule has 0 amide bonds. The number of carbonyl (C=O) groups excluding carboxylic acids is 2. The summed E-state index contributed by atoms with van der Waals surface area (Å²) in [7, 11) is 0. The van der Waals surface area contributed by atoms with Gasteiger partial charge in [0.2, 0.25) is 0 Å². The van der Waals surface area contributed by atoms with Gasteiger partial charge in [-0.05, 0) is 18.8 Å². The predicted octanol–water partition coefficient (Wildman–Crippen LogP) is 2.42. The zero-order valence-electron chi connectivity index (χ0n) is 10.1. The maximum absolute atomic E-state index is 11.7. The van der Waals surface area contributed by atoms with E-state index in [1.54, 1.807) is 13.0 Å². The molecule has 0 aromatic rings. The number of hydrogen-bond donors (Lipinski definition) is 0. The summed E-state index contributed by atoms with van der Waals surface area (Å²) < 4.78 is 4.95. The third kappa shape index (κ3) is 3.65. The molecule has 0 saturated carbocycles. The molecule has 16 heavy (non-hydrogen) atoms. The van der Waals surface area contributed by atoms with Gasteiger partial charge in [-0.1, -0.05) is 26.0 Å². The van der Waals surface area contributed by atoms with E-state index in [1.807, 2.05) is 6.08 Å². The average molecular weight is 222 g/mol. The molecule has 0 aliphatic heterocycles. The van der Waals surface area contributed by atoms with Crippen molar-refractivity contribution in [3.63, 3.8) is 0 Å². The Kier molecular flexibility index (Phi) is 4.05. The Balaban J connectivity index is 2.53. The zero-order chi connectivity index (χ0) is 12.2. The van der Waals surface area contributed by atoms with E-state index < -0.39 is 5.97 Å². The average Bonchev–Trinajstić information content (AvgIpc) is 2.15. The lowest BCUT2D eigenvalue weighted by molar-refractivity contribution is -0.137. The van der Waals surface area contributed by atoms with Gasteiger partial charge in [-0.15, -0.1) is 0 Å². The zero-order valence-corrected chi connectivity index (χ0v) is 10.1. The van der Waals surface area contributed by atoms with Gasteiger partial charge in [-0.2, -0.15) is 0 Å². The van der Waals surface area contributed by atoms with Crippen LogP contribution in [0.25, 0.3) is 0 Å². The largest absolute Gasteiger partial charge is 0.458 e. The van der Waals surface area contributed by atoms with Crippen LogP contribution in [0, 0.1) is 5.41 Å². The highest BCUT2D eigenvalue weighted by Gasteiger charge is 2.27. The molecule has 0 bridgehead atoms. The summed E-state index contributed by atoms with van der Waals surface area (Å²) in [5, 5.41) is 0. The van der Waals surface area contributed by atoms with Gasteiger partial charge in [-0.3, -0.25) is 4.79 Å². The van der Waals surface area contributed by atoms with Crippen molar-refractivity contribution in [3.05, 3.63) is 23.8 Å². The van der Waals surface area contributed by atoms with Crippen molar-refractivity contribution in [3.8, 4) is 0 Å². The fourth-order valence-electron chi connectivity index (χ4n) is 1.61. The summed E-state index contributed by atoms with van der Waals surface area (Å²) >= 11 is 0. The van der Waals surface area contributed by atoms with Gasteiger partial charge in [0, 0.05) is 18.1 Å². The molecule has 0 saturated heterocycles. The van der Waals surface area contributed by atoms with Gasteiger partial charge in [0.15, 0.2) is 5.78 Å². The van der Waals surface area contributed by atoms with Gasteiger partial charge in [-0.25, -0.2) is 4.79 Å². The second kappa shape index (κ2) is 5.10. The molecule has 1 rings (SSSR count). The first-order valence-electron chi connectivity index (χ1n) is 5.46. The van der Waals surface area contributed by atoms with E-state index in [2.05, 4.69) is 13.8 Å². The summed E-state index contributed by atoms with van der Waals surface area (Å²) in [6, 6.07) is 0. The monoisotopic (exact) mass is 222 g/mol. The quantitative estimate of drug-likeness (QED) is 0.544. The fourth-order valence-corrected chi connectivity index (χ4v) is 1.61. The van der Waals surface area contributed by atoms with E-state index in [0.717, 1.165) is 6.42 Å².